The molecule has 5 heteroatoms. The highest BCUT2D eigenvalue weighted by Gasteiger charge is 2.30. The highest BCUT2D eigenvalue weighted by atomic mass is 16.5. The number of nitrogens with zero attached hydrogens (tertiary/aromatic N) is 3. The molecule has 1 N–H and O–H groups in total. The lowest BCUT2D eigenvalue weighted by Gasteiger charge is -2.22. The minimum atomic E-state index is 0.323. The van der Waals surface area contributed by atoms with Gasteiger partial charge in [0.2, 0.25) is 0 Å². The molecule has 0 saturated carbocycles. The fourth-order valence-corrected chi connectivity index (χ4v) is 3.88. The van der Waals surface area contributed by atoms with Crippen LogP contribution in [0, 0.1) is 13.8 Å². The summed E-state index contributed by atoms with van der Waals surface area (Å²) >= 11 is 0. The quantitative estimate of drug-likeness (QED) is 0.681. The first-order valence-corrected chi connectivity index (χ1v) is 9.83. The topological polar surface area (TPSA) is 58.0 Å². The molecule has 0 aliphatic carbocycles. The van der Waals surface area contributed by atoms with Crippen molar-refractivity contribution < 1.29 is 4.52 Å². The van der Waals surface area contributed by atoms with Gasteiger partial charge in [-0.05, 0) is 50.4 Å². The molecule has 0 spiro atoms. The Morgan fingerprint density at radius 1 is 1.22 bits per heavy atom. The summed E-state index contributed by atoms with van der Waals surface area (Å²) < 4.78 is 5.54. The van der Waals surface area contributed by atoms with Crippen LogP contribution in [0.3, 0.4) is 0 Å². The standard InChI is InChI=1S/C22H28N4O/c1-14(2)21-11-19(25-27-21)20-6-5-9-26(20)13-18-12-23-24-22(18)17-8-7-15(3)16(4)10-17/h7-8,10-12,14,20H,5-6,9,13H2,1-4H3,(H,23,24)/t20-/m1/s1. The molecule has 142 valence electrons. The van der Waals surface area contributed by atoms with Gasteiger partial charge in [0.1, 0.15) is 11.5 Å². The van der Waals surface area contributed by atoms with Crippen molar-refractivity contribution in [1.82, 2.24) is 20.3 Å². The van der Waals surface area contributed by atoms with E-state index in [2.05, 4.69) is 72.2 Å². The first-order valence-electron chi connectivity index (χ1n) is 9.83. The first kappa shape index (κ1) is 18.0. The average molecular weight is 364 g/mol. The largest absolute Gasteiger partial charge is 0.361 e. The predicted molar refractivity (Wildman–Crippen MR) is 106 cm³/mol. The Hall–Kier alpha value is -2.40. The van der Waals surface area contributed by atoms with Gasteiger partial charge in [-0.3, -0.25) is 10.00 Å². The van der Waals surface area contributed by atoms with Gasteiger partial charge in [0.25, 0.3) is 0 Å². The van der Waals surface area contributed by atoms with Crippen molar-refractivity contribution in [3.05, 3.63) is 58.6 Å². The fraction of sp³-hybridized carbons (Fsp3) is 0.455. The third kappa shape index (κ3) is 3.56. The van der Waals surface area contributed by atoms with Crippen molar-refractivity contribution in [2.75, 3.05) is 6.54 Å². The summed E-state index contributed by atoms with van der Waals surface area (Å²) in [7, 11) is 0. The van der Waals surface area contributed by atoms with Crippen LogP contribution in [0.25, 0.3) is 11.3 Å². The Bertz CT molecular complexity index is 924. The second-order valence-corrected chi connectivity index (χ2v) is 8.01. The Balaban J connectivity index is 1.57. The molecule has 1 atom stereocenters. The third-order valence-electron chi connectivity index (χ3n) is 5.71. The first-order chi connectivity index (χ1) is 13.0. The number of aryl methyl sites for hydroxylation is 2. The van der Waals surface area contributed by atoms with Crippen molar-refractivity contribution in [1.29, 1.82) is 0 Å². The number of likely N-dealkylation sites (tertiary alicyclic amines) is 1. The molecule has 5 nitrogen and oxygen atoms in total. The molecular formula is C22H28N4O. The number of rotatable bonds is 5. The molecule has 3 heterocycles. The number of hydrogen-bond donors (Lipinski definition) is 1. The molecule has 3 aromatic rings. The third-order valence-corrected chi connectivity index (χ3v) is 5.71. The van der Waals surface area contributed by atoms with Gasteiger partial charge in [-0.25, -0.2) is 0 Å². The molecule has 2 aromatic heterocycles. The minimum absolute atomic E-state index is 0.323. The van der Waals surface area contributed by atoms with Crippen LogP contribution >= 0.6 is 0 Å². The number of aromatic amines is 1. The van der Waals surface area contributed by atoms with Gasteiger partial charge in [-0.1, -0.05) is 31.1 Å². The number of hydrogen-bond acceptors (Lipinski definition) is 4. The Morgan fingerprint density at radius 3 is 2.81 bits per heavy atom. The van der Waals surface area contributed by atoms with Crippen molar-refractivity contribution in [3.8, 4) is 11.3 Å². The molecule has 0 bridgehead atoms. The Labute approximate surface area is 160 Å². The van der Waals surface area contributed by atoms with Gasteiger partial charge < -0.3 is 4.52 Å². The Morgan fingerprint density at radius 2 is 2.07 bits per heavy atom. The van der Waals surface area contributed by atoms with Crippen LogP contribution in [0.4, 0.5) is 0 Å². The van der Waals surface area contributed by atoms with E-state index < -0.39 is 0 Å². The SMILES string of the molecule is Cc1ccc(-c2[nH]ncc2CN2CCC[C@@H]2c2cc(C(C)C)on2)cc1C. The summed E-state index contributed by atoms with van der Waals surface area (Å²) in [4.78, 5) is 2.50. The van der Waals surface area contributed by atoms with Crippen molar-refractivity contribution in [3.63, 3.8) is 0 Å². The molecule has 1 fully saturated rings. The average Bonchev–Trinajstić information content (AvgIpc) is 3.37. The van der Waals surface area contributed by atoms with Gasteiger partial charge in [-0.2, -0.15) is 5.10 Å². The molecule has 1 aliphatic rings. The number of benzene rings is 1. The number of H-pyrrole nitrogens is 1. The summed E-state index contributed by atoms with van der Waals surface area (Å²) in [6.07, 6.45) is 4.27. The summed E-state index contributed by atoms with van der Waals surface area (Å²) in [6, 6.07) is 9.04. The summed E-state index contributed by atoms with van der Waals surface area (Å²) in [6.45, 7) is 10.5. The number of nitrogens with one attached hydrogen (secondary N) is 1. The molecule has 4 rings (SSSR count). The van der Waals surface area contributed by atoms with Crippen LogP contribution in [-0.4, -0.2) is 26.8 Å². The molecule has 27 heavy (non-hydrogen) atoms. The maximum atomic E-state index is 5.54. The van der Waals surface area contributed by atoms with Crippen LogP contribution in [0.1, 0.15) is 66.8 Å². The summed E-state index contributed by atoms with van der Waals surface area (Å²) in [5.41, 5.74) is 7.23. The van der Waals surface area contributed by atoms with Crippen LogP contribution in [0.5, 0.6) is 0 Å². The van der Waals surface area contributed by atoms with Crippen molar-refractivity contribution >= 4 is 0 Å². The molecule has 1 saturated heterocycles. The number of aromatic nitrogens is 3. The van der Waals surface area contributed by atoms with E-state index in [0.717, 1.165) is 36.7 Å². The van der Waals surface area contributed by atoms with E-state index in [1.54, 1.807) is 0 Å². The predicted octanol–water partition coefficient (Wildman–Crippen LogP) is 5.14. The molecule has 1 aliphatic heterocycles. The zero-order valence-corrected chi connectivity index (χ0v) is 16.6. The van der Waals surface area contributed by atoms with Gasteiger partial charge in [0.05, 0.1) is 17.9 Å². The van der Waals surface area contributed by atoms with E-state index in [9.17, 15) is 0 Å². The maximum absolute atomic E-state index is 5.54. The maximum Gasteiger partial charge on any atom is 0.139 e. The van der Waals surface area contributed by atoms with Crippen LogP contribution in [0.2, 0.25) is 0 Å². The summed E-state index contributed by atoms with van der Waals surface area (Å²) in [5, 5.41) is 11.9. The van der Waals surface area contributed by atoms with E-state index in [1.165, 1.54) is 28.7 Å². The van der Waals surface area contributed by atoms with Gasteiger partial charge in [-0.15, -0.1) is 0 Å². The van der Waals surface area contributed by atoms with E-state index in [0.29, 0.717) is 12.0 Å². The summed E-state index contributed by atoms with van der Waals surface area (Å²) in [5.74, 6) is 1.34. The zero-order valence-electron chi connectivity index (χ0n) is 16.6. The van der Waals surface area contributed by atoms with Crippen LogP contribution < -0.4 is 0 Å². The minimum Gasteiger partial charge on any atom is -0.361 e. The van der Waals surface area contributed by atoms with E-state index in [-0.39, 0.29) is 0 Å². The Kier molecular flexibility index (Phi) is 4.87. The smallest absolute Gasteiger partial charge is 0.139 e. The van der Waals surface area contributed by atoms with Crippen molar-refractivity contribution in [2.24, 2.45) is 0 Å². The zero-order chi connectivity index (χ0) is 19.0. The van der Waals surface area contributed by atoms with Crippen molar-refractivity contribution in [2.45, 2.75) is 59.0 Å². The van der Waals surface area contributed by atoms with Crippen LogP contribution in [-0.2, 0) is 6.54 Å². The fourth-order valence-electron chi connectivity index (χ4n) is 3.88. The molecule has 0 amide bonds. The van der Waals surface area contributed by atoms with E-state index >= 15 is 0 Å². The lowest BCUT2D eigenvalue weighted by atomic mass is 10.0. The molecule has 0 unspecified atom stereocenters. The second kappa shape index (κ2) is 7.31. The normalized spacial score (nSPS) is 17.9. The highest BCUT2D eigenvalue weighted by molar-refractivity contribution is 5.64. The van der Waals surface area contributed by atoms with Gasteiger partial charge >= 0.3 is 0 Å². The van der Waals surface area contributed by atoms with Crippen LogP contribution in [0.15, 0.2) is 35.0 Å². The lowest BCUT2D eigenvalue weighted by molar-refractivity contribution is 0.236. The highest BCUT2D eigenvalue weighted by Crippen LogP contribution is 2.35. The van der Waals surface area contributed by atoms with Gasteiger partial charge in [0.15, 0.2) is 0 Å². The molecular weight excluding hydrogens is 336 g/mol. The van der Waals surface area contributed by atoms with E-state index in [1.807, 2.05) is 6.20 Å². The van der Waals surface area contributed by atoms with Gasteiger partial charge in [0, 0.05) is 29.7 Å². The van der Waals surface area contributed by atoms with E-state index in [4.69, 9.17) is 4.52 Å². The molecule has 0 radical (unpaired) electrons. The lowest BCUT2D eigenvalue weighted by Crippen LogP contribution is -2.23. The second-order valence-electron chi connectivity index (χ2n) is 8.01. The monoisotopic (exact) mass is 364 g/mol. The molecule has 1 aromatic carbocycles.